The maximum absolute atomic E-state index is 4.75. The summed E-state index contributed by atoms with van der Waals surface area (Å²) in [6.07, 6.45) is 0.961. The summed E-state index contributed by atoms with van der Waals surface area (Å²) in [5.74, 6) is 0. The molecule has 0 radical (unpaired) electrons. The maximum Gasteiger partial charge on any atom is 0.0399 e. The van der Waals surface area contributed by atoms with Gasteiger partial charge in [-0.1, -0.05) is 36.8 Å². The van der Waals surface area contributed by atoms with Gasteiger partial charge in [-0.25, -0.2) is 0 Å². The molecule has 98 valence electrons. The van der Waals surface area contributed by atoms with E-state index in [-0.39, 0.29) is 21.1 Å². The fourth-order valence-corrected chi connectivity index (χ4v) is 2.16. The van der Waals surface area contributed by atoms with Crippen molar-refractivity contribution in [1.82, 2.24) is 4.98 Å². The molecule has 0 spiro atoms. The Morgan fingerprint density at radius 3 is 2.63 bits per heavy atom. The second-order valence-electron chi connectivity index (χ2n) is 4.31. The number of fused-ring (bicyclic) bond motifs is 1. The predicted molar refractivity (Wildman–Crippen MR) is 75.4 cm³/mol. The Balaban J connectivity index is 0.00000133. The van der Waals surface area contributed by atoms with E-state index in [1.807, 2.05) is 18.2 Å². The number of hydrogen-bond acceptors (Lipinski definition) is 1. The van der Waals surface area contributed by atoms with E-state index in [1.165, 1.54) is 5.39 Å². The van der Waals surface area contributed by atoms with Crippen molar-refractivity contribution in [1.29, 1.82) is 0 Å². The van der Waals surface area contributed by atoms with Gasteiger partial charge in [0.2, 0.25) is 0 Å². The minimum absolute atomic E-state index is 0. The molecule has 0 amide bonds. The second kappa shape index (κ2) is 6.12. The average molecular weight is 427 g/mol. The van der Waals surface area contributed by atoms with Crippen molar-refractivity contribution in [3.05, 3.63) is 66.4 Å². The van der Waals surface area contributed by atoms with Crippen LogP contribution < -0.4 is 0 Å². The SMILES string of the molecule is CCc1ccc2cccc(-c3[c-]cccc3)c2n1.[Pt]. The van der Waals surface area contributed by atoms with Crippen LogP contribution in [0.3, 0.4) is 0 Å². The molecular formula is C17H14NPt-. The molecule has 0 atom stereocenters. The van der Waals surface area contributed by atoms with Gasteiger partial charge in [0.25, 0.3) is 0 Å². The van der Waals surface area contributed by atoms with E-state index in [1.54, 1.807) is 0 Å². The first-order chi connectivity index (χ1) is 8.88. The largest absolute Gasteiger partial charge is 0.262 e. The number of para-hydroxylation sites is 1. The van der Waals surface area contributed by atoms with E-state index in [9.17, 15) is 0 Å². The molecule has 3 aromatic rings. The van der Waals surface area contributed by atoms with Crippen LogP contribution in [0, 0.1) is 6.07 Å². The van der Waals surface area contributed by atoms with Crippen LogP contribution in [0.5, 0.6) is 0 Å². The van der Waals surface area contributed by atoms with Crippen molar-refractivity contribution in [3.8, 4) is 11.1 Å². The van der Waals surface area contributed by atoms with Crippen LogP contribution in [0.25, 0.3) is 22.0 Å². The monoisotopic (exact) mass is 427 g/mol. The van der Waals surface area contributed by atoms with Crippen molar-refractivity contribution in [2.24, 2.45) is 0 Å². The molecule has 0 saturated heterocycles. The summed E-state index contributed by atoms with van der Waals surface area (Å²) in [4.78, 5) is 4.75. The zero-order valence-corrected chi connectivity index (χ0v) is 12.9. The Morgan fingerprint density at radius 2 is 1.89 bits per heavy atom. The van der Waals surface area contributed by atoms with E-state index in [0.29, 0.717) is 0 Å². The van der Waals surface area contributed by atoms with Crippen molar-refractivity contribution in [2.75, 3.05) is 0 Å². The quantitative estimate of drug-likeness (QED) is 0.557. The third-order valence-electron chi connectivity index (χ3n) is 3.14. The molecule has 1 heterocycles. The Kier molecular flexibility index (Phi) is 4.50. The Bertz CT molecular complexity index is 677. The number of nitrogens with zero attached hydrogens (tertiary/aromatic N) is 1. The summed E-state index contributed by atoms with van der Waals surface area (Å²) in [6, 6.07) is 21.9. The van der Waals surface area contributed by atoms with Gasteiger partial charge in [0.1, 0.15) is 0 Å². The van der Waals surface area contributed by atoms with Gasteiger partial charge in [0.05, 0.1) is 0 Å². The van der Waals surface area contributed by atoms with Gasteiger partial charge in [-0.2, -0.15) is 0 Å². The van der Waals surface area contributed by atoms with Crippen molar-refractivity contribution in [3.63, 3.8) is 0 Å². The van der Waals surface area contributed by atoms with Gasteiger partial charge in [-0.05, 0) is 17.9 Å². The maximum atomic E-state index is 4.75. The second-order valence-corrected chi connectivity index (χ2v) is 4.31. The van der Waals surface area contributed by atoms with Crippen molar-refractivity contribution < 1.29 is 21.1 Å². The number of benzene rings is 2. The molecule has 0 N–H and O–H groups in total. The van der Waals surface area contributed by atoms with Crippen LogP contribution >= 0.6 is 0 Å². The smallest absolute Gasteiger partial charge is 0.0399 e. The van der Waals surface area contributed by atoms with E-state index < -0.39 is 0 Å². The van der Waals surface area contributed by atoms with Crippen LogP contribution in [0.4, 0.5) is 0 Å². The first-order valence-corrected chi connectivity index (χ1v) is 6.24. The number of hydrogen-bond donors (Lipinski definition) is 0. The van der Waals surface area contributed by atoms with E-state index in [2.05, 4.69) is 49.4 Å². The van der Waals surface area contributed by atoms with E-state index >= 15 is 0 Å². The zero-order valence-electron chi connectivity index (χ0n) is 10.7. The third-order valence-corrected chi connectivity index (χ3v) is 3.14. The fraction of sp³-hybridized carbons (Fsp3) is 0.118. The normalized spacial score (nSPS) is 10.2. The minimum Gasteiger partial charge on any atom is -0.262 e. The summed E-state index contributed by atoms with van der Waals surface area (Å²) in [5, 5.41) is 1.18. The Labute approximate surface area is 128 Å². The van der Waals surface area contributed by atoms with Crippen LogP contribution in [0.2, 0.25) is 0 Å². The van der Waals surface area contributed by atoms with Crippen molar-refractivity contribution in [2.45, 2.75) is 13.3 Å². The first kappa shape index (κ1) is 14.0. The summed E-state index contributed by atoms with van der Waals surface area (Å²) < 4.78 is 0. The van der Waals surface area contributed by atoms with Gasteiger partial charge in [0, 0.05) is 32.3 Å². The van der Waals surface area contributed by atoms with Gasteiger partial charge < -0.3 is 0 Å². The number of rotatable bonds is 2. The zero-order chi connectivity index (χ0) is 12.4. The van der Waals surface area contributed by atoms with Crippen LogP contribution in [-0.4, -0.2) is 4.98 Å². The number of pyridine rings is 1. The summed E-state index contributed by atoms with van der Waals surface area (Å²) in [6.45, 7) is 2.13. The fourth-order valence-electron chi connectivity index (χ4n) is 2.16. The molecule has 19 heavy (non-hydrogen) atoms. The summed E-state index contributed by atoms with van der Waals surface area (Å²) in [5.41, 5.74) is 4.46. The van der Waals surface area contributed by atoms with E-state index in [4.69, 9.17) is 4.98 Å². The molecule has 1 nitrogen and oxygen atoms in total. The van der Waals surface area contributed by atoms with Gasteiger partial charge >= 0.3 is 0 Å². The molecule has 0 unspecified atom stereocenters. The standard InChI is InChI=1S/C17H14N.Pt/c1-2-15-12-11-14-9-6-10-16(17(14)18-15)13-7-4-3-5-8-13;/h3-7,9-12H,2H2,1H3;/q-1;. The molecular weight excluding hydrogens is 413 g/mol. The minimum atomic E-state index is 0. The molecule has 0 saturated carbocycles. The molecule has 0 aliphatic heterocycles. The molecule has 3 rings (SSSR count). The van der Waals surface area contributed by atoms with Gasteiger partial charge in [-0.3, -0.25) is 4.98 Å². The topological polar surface area (TPSA) is 12.9 Å². The molecule has 2 heteroatoms. The third kappa shape index (κ3) is 2.77. The van der Waals surface area contributed by atoms with Gasteiger partial charge in [-0.15, -0.1) is 35.9 Å². The number of aromatic nitrogens is 1. The molecule has 0 fully saturated rings. The van der Waals surface area contributed by atoms with E-state index in [0.717, 1.165) is 28.8 Å². The molecule has 2 aromatic carbocycles. The Morgan fingerprint density at radius 1 is 1.00 bits per heavy atom. The van der Waals surface area contributed by atoms with Gasteiger partial charge in [0.15, 0.2) is 0 Å². The van der Waals surface area contributed by atoms with Crippen LogP contribution in [-0.2, 0) is 27.5 Å². The molecule has 1 aromatic heterocycles. The molecule has 0 aliphatic rings. The summed E-state index contributed by atoms with van der Waals surface area (Å²) in [7, 11) is 0. The number of aryl methyl sites for hydroxylation is 1. The first-order valence-electron chi connectivity index (χ1n) is 6.24. The average Bonchev–Trinajstić information content (AvgIpc) is 2.47. The predicted octanol–water partition coefficient (Wildman–Crippen LogP) is 4.26. The summed E-state index contributed by atoms with van der Waals surface area (Å²) >= 11 is 0. The Hall–Kier alpha value is -1.46. The van der Waals surface area contributed by atoms with Crippen LogP contribution in [0.1, 0.15) is 12.6 Å². The molecule has 0 aliphatic carbocycles. The van der Waals surface area contributed by atoms with Crippen LogP contribution in [0.15, 0.2) is 54.6 Å². The van der Waals surface area contributed by atoms with Crippen molar-refractivity contribution >= 4 is 10.9 Å². The molecule has 0 bridgehead atoms.